The van der Waals surface area contributed by atoms with Crippen molar-refractivity contribution in [1.82, 2.24) is 9.88 Å². The van der Waals surface area contributed by atoms with Gasteiger partial charge in [-0.3, -0.25) is 4.79 Å². The number of carbonyl (C=O) groups excluding carboxylic acids is 1. The highest BCUT2D eigenvalue weighted by atomic mass is 35.5. The van der Waals surface area contributed by atoms with Crippen molar-refractivity contribution in [2.45, 2.75) is 49.7 Å². The van der Waals surface area contributed by atoms with E-state index in [1.54, 1.807) is 49.4 Å². The van der Waals surface area contributed by atoms with Gasteiger partial charge >= 0.3 is 6.18 Å². The molecule has 1 saturated carbocycles. The summed E-state index contributed by atoms with van der Waals surface area (Å²) < 4.78 is 64.0. The Morgan fingerprint density at radius 2 is 1.76 bits per heavy atom. The Labute approximate surface area is 242 Å². The van der Waals surface area contributed by atoms with Crippen molar-refractivity contribution >= 4 is 39.5 Å². The number of fused-ring (bicyclic) bond motifs is 1. The molecule has 216 valence electrons. The van der Waals surface area contributed by atoms with Crippen molar-refractivity contribution in [2.24, 2.45) is 0 Å². The van der Waals surface area contributed by atoms with Crippen LogP contribution in [0.4, 0.5) is 13.2 Å². The number of nitrogens with zero attached hydrogens (tertiary/aromatic N) is 1. The lowest BCUT2D eigenvalue weighted by Crippen LogP contribution is -2.30. The maximum absolute atomic E-state index is 13.7. The summed E-state index contributed by atoms with van der Waals surface area (Å²) in [5, 5.41) is 13.0. The Balaban J connectivity index is 1.41. The Morgan fingerprint density at radius 3 is 2.37 bits per heavy atom. The summed E-state index contributed by atoms with van der Waals surface area (Å²) in [4.78, 5) is 13.2. The number of aromatic nitrogens is 1. The molecule has 11 heteroatoms. The van der Waals surface area contributed by atoms with Gasteiger partial charge in [0.15, 0.2) is 11.1 Å². The summed E-state index contributed by atoms with van der Waals surface area (Å²) in [6, 6.07) is 17.0. The Morgan fingerprint density at radius 1 is 1.07 bits per heavy atom. The molecule has 0 saturated heterocycles. The largest absolute Gasteiger partial charge is 0.416 e. The molecular formula is C30H28ClF3N2O4S. The second kappa shape index (κ2) is 11.6. The number of alkyl halides is 3. The van der Waals surface area contributed by atoms with E-state index in [9.17, 15) is 31.8 Å². The summed E-state index contributed by atoms with van der Waals surface area (Å²) in [6.45, 7) is 1.26. The molecule has 3 N–H and O–H groups in total. The average Bonchev–Trinajstić information content (AvgIpc) is 3.71. The number of hydrogen-bond donors (Lipinski definition) is 3. The smallest absolute Gasteiger partial charge is 0.394 e. The molecule has 3 aromatic carbocycles. The zero-order valence-electron chi connectivity index (χ0n) is 22.0. The lowest BCUT2D eigenvalue weighted by molar-refractivity contribution is -0.138. The van der Waals surface area contributed by atoms with Gasteiger partial charge in [-0.2, -0.15) is 13.2 Å². The van der Waals surface area contributed by atoms with Gasteiger partial charge in [0.2, 0.25) is 0 Å². The molecular weight excluding hydrogens is 577 g/mol. The van der Waals surface area contributed by atoms with Crippen LogP contribution >= 0.6 is 11.6 Å². The number of aliphatic hydroxyl groups is 1. The van der Waals surface area contributed by atoms with Gasteiger partial charge < -0.3 is 19.5 Å². The van der Waals surface area contributed by atoms with Crippen LogP contribution in [0.3, 0.4) is 0 Å². The third kappa shape index (κ3) is 6.35. The van der Waals surface area contributed by atoms with Gasteiger partial charge in [-0.25, -0.2) is 4.21 Å². The maximum Gasteiger partial charge on any atom is 0.416 e. The highest BCUT2D eigenvalue weighted by Gasteiger charge is 2.34. The summed E-state index contributed by atoms with van der Waals surface area (Å²) in [5.74, 6) is -0.419. The van der Waals surface area contributed by atoms with E-state index in [0.29, 0.717) is 16.7 Å². The highest BCUT2D eigenvalue weighted by Crippen LogP contribution is 2.41. The minimum Gasteiger partial charge on any atom is -0.394 e. The molecule has 1 amide bonds. The minimum atomic E-state index is -4.54. The molecule has 1 fully saturated rings. The van der Waals surface area contributed by atoms with Gasteiger partial charge in [0.25, 0.3) is 5.91 Å². The van der Waals surface area contributed by atoms with Crippen LogP contribution in [0.15, 0.2) is 66.7 Å². The lowest BCUT2D eigenvalue weighted by atomic mass is 10.0. The van der Waals surface area contributed by atoms with Crippen LogP contribution in [-0.2, 0) is 23.7 Å². The molecule has 1 heterocycles. The summed E-state index contributed by atoms with van der Waals surface area (Å²) in [5.41, 5.74) is 2.55. The SMILES string of the molecule is C[C@H](c1ccc([C@H](CO)NC(=O)c2ccc3c(c2)cc(Cc2ccc(Cl)cc2C(F)(F)F)n3C2CC2)cc1)S(=O)O. The van der Waals surface area contributed by atoms with E-state index in [2.05, 4.69) is 9.88 Å². The molecule has 5 rings (SSSR count). The number of nitrogens with one attached hydrogen (secondary N) is 1. The molecule has 1 aliphatic rings. The number of halogens is 4. The highest BCUT2D eigenvalue weighted by molar-refractivity contribution is 7.79. The number of carbonyl (C=O) groups is 1. The lowest BCUT2D eigenvalue weighted by Gasteiger charge is -2.18. The second-order valence-corrected chi connectivity index (χ2v) is 12.0. The van der Waals surface area contributed by atoms with Crippen molar-refractivity contribution in [3.8, 4) is 0 Å². The Bertz CT molecular complexity index is 1620. The van der Waals surface area contributed by atoms with E-state index in [4.69, 9.17) is 11.6 Å². The number of hydrogen-bond acceptors (Lipinski definition) is 3. The Hall–Kier alpha value is -3.18. The van der Waals surface area contributed by atoms with Crippen LogP contribution in [0.1, 0.15) is 75.4 Å². The Kier molecular flexibility index (Phi) is 8.29. The van der Waals surface area contributed by atoms with Gasteiger partial charge in [0, 0.05) is 39.6 Å². The molecule has 41 heavy (non-hydrogen) atoms. The average molecular weight is 605 g/mol. The predicted molar refractivity (Wildman–Crippen MR) is 152 cm³/mol. The van der Waals surface area contributed by atoms with Crippen LogP contribution in [0.2, 0.25) is 5.02 Å². The van der Waals surface area contributed by atoms with Gasteiger partial charge in [-0.1, -0.05) is 41.9 Å². The van der Waals surface area contributed by atoms with E-state index < -0.39 is 40.0 Å². The maximum atomic E-state index is 13.7. The standard InChI is InChI=1S/C30H28ClF3N2O4S/c1-17(41(39)40)18-2-4-19(5-3-18)27(16-37)35-29(38)21-7-11-28-22(12-21)14-25(36(28)24-9-10-24)13-20-6-8-23(31)15-26(20)30(32,33)34/h2-8,11-12,14-15,17,24,27,37H,9-10,13,16H2,1H3,(H,35,38)(H,39,40)/t17-,27+/m1/s1. The number of aliphatic hydroxyl groups excluding tert-OH is 1. The van der Waals surface area contributed by atoms with Gasteiger partial charge in [0.05, 0.1) is 23.5 Å². The van der Waals surface area contributed by atoms with Crippen LogP contribution in [0.25, 0.3) is 10.9 Å². The molecule has 0 bridgehead atoms. The van der Waals surface area contributed by atoms with Crippen molar-refractivity contribution in [3.63, 3.8) is 0 Å². The summed E-state index contributed by atoms with van der Waals surface area (Å²) >= 11 is 3.85. The van der Waals surface area contributed by atoms with E-state index in [-0.39, 0.29) is 29.7 Å². The predicted octanol–water partition coefficient (Wildman–Crippen LogP) is 6.99. The van der Waals surface area contributed by atoms with E-state index in [1.807, 2.05) is 6.07 Å². The van der Waals surface area contributed by atoms with Crippen LogP contribution < -0.4 is 5.32 Å². The third-order valence-electron chi connectivity index (χ3n) is 7.44. The zero-order valence-corrected chi connectivity index (χ0v) is 23.6. The first-order valence-electron chi connectivity index (χ1n) is 13.1. The molecule has 1 unspecified atom stereocenters. The number of benzene rings is 3. The first kappa shape index (κ1) is 29.3. The fraction of sp³-hybridized carbons (Fsp3) is 0.300. The van der Waals surface area contributed by atoms with Crippen molar-refractivity contribution < 1.29 is 31.8 Å². The molecule has 4 aromatic rings. The van der Waals surface area contributed by atoms with E-state index in [0.717, 1.165) is 35.5 Å². The molecule has 6 nitrogen and oxygen atoms in total. The van der Waals surface area contributed by atoms with Crippen LogP contribution in [0.5, 0.6) is 0 Å². The molecule has 1 aliphatic carbocycles. The normalized spacial score (nSPS) is 16.0. The summed E-state index contributed by atoms with van der Waals surface area (Å²) in [7, 11) is 0. The summed E-state index contributed by atoms with van der Waals surface area (Å²) in [6.07, 6.45) is -2.63. The van der Waals surface area contributed by atoms with Gasteiger partial charge in [-0.15, -0.1) is 0 Å². The van der Waals surface area contributed by atoms with Gasteiger partial charge in [0.1, 0.15) is 0 Å². The van der Waals surface area contributed by atoms with E-state index in [1.165, 1.54) is 12.1 Å². The minimum absolute atomic E-state index is 0.0211. The first-order valence-corrected chi connectivity index (χ1v) is 14.6. The molecule has 3 atom stereocenters. The number of rotatable bonds is 9. The second-order valence-electron chi connectivity index (χ2n) is 10.3. The third-order valence-corrected chi connectivity index (χ3v) is 8.55. The van der Waals surface area contributed by atoms with Crippen LogP contribution in [0, 0.1) is 0 Å². The first-order chi connectivity index (χ1) is 19.5. The quantitative estimate of drug-likeness (QED) is 0.180. The monoisotopic (exact) mass is 604 g/mol. The molecule has 0 spiro atoms. The van der Waals surface area contributed by atoms with E-state index >= 15 is 0 Å². The van der Waals surface area contributed by atoms with Crippen molar-refractivity contribution in [3.05, 3.63) is 105 Å². The van der Waals surface area contributed by atoms with Crippen LogP contribution in [-0.4, -0.2) is 30.9 Å². The zero-order chi connectivity index (χ0) is 29.5. The van der Waals surface area contributed by atoms with Crippen molar-refractivity contribution in [1.29, 1.82) is 0 Å². The molecule has 1 aromatic heterocycles. The number of amides is 1. The fourth-order valence-electron chi connectivity index (χ4n) is 5.09. The van der Waals surface area contributed by atoms with Crippen molar-refractivity contribution in [2.75, 3.05) is 6.61 Å². The van der Waals surface area contributed by atoms with Gasteiger partial charge in [-0.05, 0) is 72.9 Å². The molecule has 0 aliphatic heterocycles. The fourth-order valence-corrected chi connectivity index (χ4v) is 5.65. The topological polar surface area (TPSA) is 91.6 Å². The molecule has 0 radical (unpaired) electrons.